The molecule has 60 heavy (non-hydrogen) atoms. The number of ether oxygens (including phenoxy) is 3. The number of nitrogens with one attached hydrogen (secondary N) is 2. The Morgan fingerprint density at radius 1 is 1.02 bits per heavy atom. The molecule has 2 bridgehead atoms. The van der Waals surface area contributed by atoms with Crippen LogP contribution < -0.4 is 19.5 Å². The van der Waals surface area contributed by atoms with Gasteiger partial charge in [0.25, 0.3) is 5.91 Å². The molecule has 5 fully saturated rings. The molecule has 4 aliphatic carbocycles. The van der Waals surface area contributed by atoms with Crippen LogP contribution in [0.3, 0.4) is 0 Å². The summed E-state index contributed by atoms with van der Waals surface area (Å²) in [5.41, 5.74) is -1.24. The third-order valence-corrected chi connectivity index (χ3v) is 15.9. The zero-order valence-corrected chi connectivity index (χ0v) is 35.8. The number of aromatic nitrogens is 2. The summed E-state index contributed by atoms with van der Waals surface area (Å²) in [6, 6.07) is 4.03. The zero-order chi connectivity index (χ0) is 42.9. The van der Waals surface area contributed by atoms with Crippen molar-refractivity contribution >= 4 is 44.7 Å². The van der Waals surface area contributed by atoms with Crippen LogP contribution in [-0.2, 0) is 40.4 Å². The van der Waals surface area contributed by atoms with E-state index in [1.807, 2.05) is 38.5 Å². The number of sulfonamides is 1. The van der Waals surface area contributed by atoms with Gasteiger partial charge in [-0.1, -0.05) is 40.5 Å². The number of halogens is 2. The van der Waals surface area contributed by atoms with Crippen LogP contribution in [0.2, 0.25) is 0 Å². The van der Waals surface area contributed by atoms with E-state index in [-0.39, 0.29) is 37.3 Å². The Morgan fingerprint density at radius 2 is 1.78 bits per heavy atom. The highest BCUT2D eigenvalue weighted by Gasteiger charge is 2.67. The number of carbonyl (C=O) groups is 4. The van der Waals surface area contributed by atoms with E-state index in [1.54, 1.807) is 19.2 Å². The van der Waals surface area contributed by atoms with Crippen LogP contribution in [0.25, 0.3) is 11.0 Å². The van der Waals surface area contributed by atoms with Crippen molar-refractivity contribution in [1.29, 1.82) is 0 Å². The van der Waals surface area contributed by atoms with Crippen molar-refractivity contribution in [2.45, 2.75) is 140 Å². The van der Waals surface area contributed by atoms with Gasteiger partial charge in [-0.25, -0.2) is 27.2 Å². The molecule has 14 nitrogen and oxygen atoms in total. The SMILES string of the molecule is CC[C@@H]1[C@@H]2CN(C(=O)[C@H](C(C)(C)C)CC(=O)O[C@@H]3C[C@@H]4C[C@@H]4[C@H]3CCCCCc3nc4ccc(OC)cc4nc3O2)[C@@H]1C(=O)N[C@]1(C(=O)NS(=O)(=O)C2CC2)C[C@H]1C(F)F. The first kappa shape index (κ1) is 42.5. The summed E-state index contributed by atoms with van der Waals surface area (Å²) in [5, 5.41) is 1.73. The van der Waals surface area contributed by atoms with E-state index in [0.29, 0.717) is 53.6 Å². The van der Waals surface area contributed by atoms with E-state index in [0.717, 1.165) is 38.5 Å². The van der Waals surface area contributed by atoms with Gasteiger partial charge in [-0.3, -0.25) is 23.9 Å². The first-order chi connectivity index (χ1) is 28.4. The lowest BCUT2D eigenvalue weighted by Gasteiger charge is -2.36. The van der Waals surface area contributed by atoms with Crippen molar-refractivity contribution in [3.05, 3.63) is 23.9 Å². The van der Waals surface area contributed by atoms with Crippen molar-refractivity contribution < 1.29 is 50.6 Å². The summed E-state index contributed by atoms with van der Waals surface area (Å²) in [5.74, 6) is -4.37. The molecule has 3 heterocycles. The molecule has 2 N–H and O–H groups in total. The second kappa shape index (κ2) is 16.0. The van der Waals surface area contributed by atoms with Gasteiger partial charge in [0.15, 0.2) is 0 Å². The average molecular weight is 858 g/mol. The monoisotopic (exact) mass is 857 g/mol. The van der Waals surface area contributed by atoms with Gasteiger partial charge in [0.1, 0.15) is 35.2 Å². The van der Waals surface area contributed by atoms with E-state index >= 15 is 4.79 Å². The smallest absolute Gasteiger partial charge is 0.306 e. The number of rotatable bonds is 8. The van der Waals surface area contributed by atoms with Gasteiger partial charge in [-0.05, 0) is 93.1 Å². The summed E-state index contributed by atoms with van der Waals surface area (Å²) >= 11 is 0. The number of hydrogen-bond acceptors (Lipinski definition) is 11. The number of carbonyl (C=O) groups excluding carboxylic acids is 4. The number of alkyl halides is 2. The van der Waals surface area contributed by atoms with Crippen molar-refractivity contribution in [3.8, 4) is 11.6 Å². The van der Waals surface area contributed by atoms with Gasteiger partial charge >= 0.3 is 5.97 Å². The Hall–Kier alpha value is -4.15. The highest BCUT2D eigenvalue weighted by Crippen LogP contribution is 2.58. The number of nitrogens with zero attached hydrogens (tertiary/aromatic N) is 3. The number of hydrogen-bond donors (Lipinski definition) is 2. The lowest BCUT2D eigenvalue weighted by molar-refractivity contribution is -0.158. The molecule has 4 saturated carbocycles. The molecule has 8 rings (SSSR count). The normalized spacial score (nSPS) is 33.4. The lowest BCUT2D eigenvalue weighted by Crippen LogP contribution is -2.59. The number of aryl methyl sites for hydroxylation is 1. The highest BCUT2D eigenvalue weighted by atomic mass is 32.2. The number of fused-ring (bicyclic) bond motifs is 7. The molecule has 6 aliphatic rings. The van der Waals surface area contributed by atoms with E-state index in [2.05, 4.69) is 5.32 Å². The predicted molar refractivity (Wildman–Crippen MR) is 214 cm³/mol. The Kier molecular flexibility index (Phi) is 11.3. The molecule has 2 aromatic rings. The third-order valence-electron chi connectivity index (χ3n) is 14.0. The Balaban J connectivity index is 1.17. The average Bonchev–Trinajstić information content (AvgIpc) is 4.12. The highest BCUT2D eigenvalue weighted by molar-refractivity contribution is 7.91. The first-order valence-electron chi connectivity index (χ1n) is 21.6. The molecule has 1 aromatic heterocycles. The summed E-state index contributed by atoms with van der Waals surface area (Å²) in [6.07, 6.45) is 2.14. The van der Waals surface area contributed by atoms with Crippen LogP contribution in [0.15, 0.2) is 18.2 Å². The van der Waals surface area contributed by atoms with Crippen LogP contribution in [0.1, 0.15) is 104 Å². The molecule has 2 aliphatic heterocycles. The standard InChI is InChI=1S/C43H57F2N5O9S/c1-6-25-34-21-50(36(25)38(52)48-43(20-29(43)37(44)45)41(54)49-60(55,56)24-13-14-24)40(53)28(42(2,3)4)19-35(51)58-33-17-22-16-27(22)26(33)10-8-7-9-11-31-39(59-34)47-32-18-23(57-5)12-15-30(32)46-31/h12,15,18,22,24-29,33-34,36-37H,6-11,13-14,16-17,19-21H2,1-5H3,(H,48,52)(H,49,54)/t22-,25+,26+,27-,28+,29-,33+,34-,36-,43+/m0/s1. The maximum absolute atomic E-state index is 15.1. The molecule has 0 spiro atoms. The van der Waals surface area contributed by atoms with Gasteiger partial charge in [0.05, 0.1) is 48.2 Å². The second-order valence-electron chi connectivity index (χ2n) is 19.1. The molecular formula is C43H57F2N5O9S. The van der Waals surface area contributed by atoms with Crippen molar-refractivity contribution in [2.24, 2.45) is 40.9 Å². The van der Waals surface area contributed by atoms with E-state index in [4.69, 9.17) is 24.2 Å². The van der Waals surface area contributed by atoms with Gasteiger partial charge < -0.3 is 24.4 Å². The molecule has 1 saturated heterocycles. The van der Waals surface area contributed by atoms with Crippen molar-refractivity contribution in [2.75, 3.05) is 13.7 Å². The molecule has 17 heteroatoms. The van der Waals surface area contributed by atoms with Crippen LogP contribution >= 0.6 is 0 Å². The predicted octanol–water partition coefficient (Wildman–Crippen LogP) is 5.11. The van der Waals surface area contributed by atoms with Gasteiger partial charge in [-0.2, -0.15) is 0 Å². The quantitative estimate of drug-likeness (QED) is 0.337. The minimum Gasteiger partial charge on any atom is -0.497 e. The van der Waals surface area contributed by atoms with Crippen LogP contribution in [0.5, 0.6) is 11.6 Å². The molecule has 1 aromatic carbocycles. The summed E-state index contributed by atoms with van der Waals surface area (Å²) in [6.45, 7) is 7.19. The fourth-order valence-corrected chi connectivity index (χ4v) is 11.6. The molecular weight excluding hydrogens is 801 g/mol. The summed E-state index contributed by atoms with van der Waals surface area (Å²) in [4.78, 5) is 68.5. The van der Waals surface area contributed by atoms with Crippen LogP contribution in [0.4, 0.5) is 8.78 Å². The van der Waals surface area contributed by atoms with Gasteiger partial charge in [-0.15, -0.1) is 0 Å². The Bertz CT molecular complexity index is 2150. The van der Waals surface area contributed by atoms with Crippen LogP contribution in [0, 0.1) is 40.9 Å². The number of esters is 1. The molecule has 0 unspecified atom stereocenters. The van der Waals surface area contributed by atoms with Gasteiger partial charge in [0.2, 0.25) is 34.1 Å². The van der Waals surface area contributed by atoms with E-state index < -0.39 is 92.7 Å². The van der Waals surface area contributed by atoms with Crippen molar-refractivity contribution in [1.82, 2.24) is 24.9 Å². The molecule has 328 valence electrons. The Morgan fingerprint density at radius 3 is 2.45 bits per heavy atom. The minimum absolute atomic E-state index is 0.129. The molecule has 10 atom stereocenters. The number of amides is 3. The largest absolute Gasteiger partial charge is 0.497 e. The molecule has 3 amide bonds. The topological polar surface area (TPSA) is 183 Å². The molecule has 0 radical (unpaired) electrons. The maximum atomic E-state index is 15.1. The van der Waals surface area contributed by atoms with E-state index in [9.17, 15) is 31.6 Å². The van der Waals surface area contributed by atoms with Gasteiger partial charge in [0, 0.05) is 12.0 Å². The fraction of sp³-hybridized carbons (Fsp3) is 0.721. The number of benzene rings is 1. The Labute approximate surface area is 349 Å². The second-order valence-corrected chi connectivity index (χ2v) is 21.0. The minimum atomic E-state index is -4.14. The third kappa shape index (κ3) is 8.27. The fourth-order valence-electron chi connectivity index (χ4n) is 10.2. The summed E-state index contributed by atoms with van der Waals surface area (Å²) < 4.78 is 74.7. The van der Waals surface area contributed by atoms with Crippen molar-refractivity contribution in [3.63, 3.8) is 0 Å². The van der Waals surface area contributed by atoms with Crippen LogP contribution in [-0.4, -0.2) is 96.1 Å². The van der Waals surface area contributed by atoms with E-state index in [1.165, 1.54) is 4.90 Å². The number of methoxy groups -OCH3 is 1. The zero-order valence-electron chi connectivity index (χ0n) is 35.0. The first-order valence-corrected chi connectivity index (χ1v) is 23.2. The lowest BCUT2D eigenvalue weighted by atomic mass is 9.77. The summed E-state index contributed by atoms with van der Waals surface area (Å²) in [7, 11) is -2.59. The maximum Gasteiger partial charge on any atom is 0.306 e.